The monoisotopic (exact) mass is 614 g/mol. The van der Waals surface area contributed by atoms with E-state index < -0.39 is 11.7 Å². The first-order chi connectivity index (χ1) is 21.6. The lowest BCUT2D eigenvalue weighted by molar-refractivity contribution is -0.121. The van der Waals surface area contributed by atoms with Gasteiger partial charge < -0.3 is 34.5 Å². The minimum Gasteiger partial charge on any atom is -0.493 e. The molecule has 2 N–H and O–H groups in total. The molecule has 0 saturated carbocycles. The number of methoxy groups -OCH3 is 2. The second-order valence-corrected chi connectivity index (χ2v) is 12.1. The minimum atomic E-state index is -0.992. The molecular formula is C34H38N4O7. The van der Waals surface area contributed by atoms with E-state index in [-0.39, 0.29) is 24.0 Å². The first kappa shape index (κ1) is 30.4. The third kappa shape index (κ3) is 5.68. The molecule has 0 radical (unpaired) electrons. The fourth-order valence-electron chi connectivity index (χ4n) is 6.45. The van der Waals surface area contributed by atoms with Crippen molar-refractivity contribution < 1.29 is 33.3 Å². The van der Waals surface area contributed by atoms with Crippen LogP contribution in [0.25, 0.3) is 0 Å². The van der Waals surface area contributed by atoms with Gasteiger partial charge in [-0.2, -0.15) is 0 Å². The van der Waals surface area contributed by atoms with Crippen LogP contribution < -0.4 is 24.7 Å². The molecule has 4 aliphatic heterocycles. The molecule has 11 heteroatoms. The molecule has 6 rings (SSSR count). The number of carbonyl (C=O) groups is 3. The third-order valence-electron chi connectivity index (χ3n) is 8.78. The van der Waals surface area contributed by atoms with Gasteiger partial charge in [0.15, 0.2) is 28.8 Å². The highest BCUT2D eigenvalue weighted by Gasteiger charge is 2.44. The number of carbonyl (C=O) groups excluding carboxylic acids is 3. The molecular weight excluding hydrogens is 576 g/mol. The van der Waals surface area contributed by atoms with Gasteiger partial charge in [-0.25, -0.2) is 0 Å². The number of Topliss-reactive ketones (excluding diaryl/α,β-unsaturated/α-hetero) is 1. The Hall–Kier alpha value is -4.64. The quantitative estimate of drug-likeness (QED) is 0.314. The predicted octanol–water partition coefficient (Wildman–Crippen LogP) is 4.00. The van der Waals surface area contributed by atoms with Crippen LogP contribution in [0.4, 0.5) is 5.69 Å². The molecule has 2 aromatic carbocycles. The van der Waals surface area contributed by atoms with E-state index in [1.165, 1.54) is 14.2 Å². The van der Waals surface area contributed by atoms with Crippen LogP contribution in [0.2, 0.25) is 0 Å². The Morgan fingerprint density at radius 3 is 2.22 bits per heavy atom. The standard InChI is InChI=1S/C34H38N4O7/c1-20-10-26-27(39)11-22-12-30(28(42-3)13-23(22)32(40)37(26)17-20)44-8-6-5-7-9-45-31-15-25-24(14-29(31)43-4)33(41)38-18-21(2)16-34(38,35)19-36-25/h12-15,19,26H,1-2,5-11,16-18,35H2,3-4H3/t26-,34-/m0/s1. The van der Waals surface area contributed by atoms with Crippen LogP contribution in [0.5, 0.6) is 23.0 Å². The summed E-state index contributed by atoms with van der Waals surface area (Å²) in [5.74, 6) is 1.52. The van der Waals surface area contributed by atoms with Crippen LogP contribution in [0, 0.1) is 0 Å². The molecule has 0 aliphatic carbocycles. The summed E-state index contributed by atoms with van der Waals surface area (Å²) >= 11 is 0. The van der Waals surface area contributed by atoms with E-state index in [9.17, 15) is 14.4 Å². The number of hydrogen-bond donors (Lipinski definition) is 1. The highest BCUT2D eigenvalue weighted by atomic mass is 16.5. The predicted molar refractivity (Wildman–Crippen MR) is 168 cm³/mol. The van der Waals surface area contributed by atoms with Gasteiger partial charge in [-0.05, 0) is 49.4 Å². The molecule has 4 heterocycles. The van der Waals surface area contributed by atoms with Crippen molar-refractivity contribution in [1.29, 1.82) is 0 Å². The zero-order valence-corrected chi connectivity index (χ0v) is 25.7. The summed E-state index contributed by atoms with van der Waals surface area (Å²) in [6.07, 6.45) is 5.08. The van der Waals surface area contributed by atoms with Crippen molar-refractivity contribution >= 4 is 29.5 Å². The number of ether oxygens (including phenoxy) is 4. The number of hydrogen-bond acceptors (Lipinski definition) is 9. The number of fused-ring (bicyclic) bond motifs is 4. The molecule has 45 heavy (non-hydrogen) atoms. The van der Waals surface area contributed by atoms with Crippen molar-refractivity contribution in [2.45, 2.75) is 50.2 Å². The van der Waals surface area contributed by atoms with Gasteiger partial charge >= 0.3 is 0 Å². The first-order valence-corrected chi connectivity index (χ1v) is 15.1. The SMILES string of the molecule is C=C1C[C@H]2C(=O)Cc3cc(OCCCCCOc4cc5c(cc4OC)C(=O)N4CC(=C)C[C@@]4(N)C=N5)c(OC)cc3C(=O)N2C1. The lowest BCUT2D eigenvalue weighted by atomic mass is 9.99. The maximum atomic E-state index is 13.3. The summed E-state index contributed by atoms with van der Waals surface area (Å²) in [5.41, 5.74) is 9.28. The summed E-state index contributed by atoms with van der Waals surface area (Å²) in [4.78, 5) is 47.2. The van der Waals surface area contributed by atoms with Crippen LogP contribution >= 0.6 is 0 Å². The van der Waals surface area contributed by atoms with E-state index in [2.05, 4.69) is 18.2 Å². The van der Waals surface area contributed by atoms with Crippen LogP contribution in [-0.4, -0.2) is 85.8 Å². The lowest BCUT2D eigenvalue weighted by Gasteiger charge is -2.29. The Morgan fingerprint density at radius 2 is 1.53 bits per heavy atom. The van der Waals surface area contributed by atoms with Crippen LogP contribution in [0.3, 0.4) is 0 Å². The molecule has 0 aromatic heterocycles. The first-order valence-electron chi connectivity index (χ1n) is 15.1. The average molecular weight is 615 g/mol. The number of ketones is 1. The molecule has 0 spiro atoms. The van der Waals surface area contributed by atoms with Gasteiger partial charge in [0.05, 0.1) is 44.7 Å². The van der Waals surface area contributed by atoms with Crippen molar-refractivity contribution in [2.24, 2.45) is 10.7 Å². The van der Waals surface area contributed by atoms with Crippen molar-refractivity contribution in [3.8, 4) is 23.0 Å². The van der Waals surface area contributed by atoms with Crippen LogP contribution in [-0.2, 0) is 11.2 Å². The number of nitrogens with two attached hydrogens (primary N) is 1. The van der Waals surface area contributed by atoms with Gasteiger partial charge in [0, 0.05) is 43.8 Å². The highest BCUT2D eigenvalue weighted by molar-refractivity contribution is 6.05. The Labute approximate surface area is 262 Å². The number of unbranched alkanes of at least 4 members (excludes halogenated alkanes) is 2. The fraction of sp³-hybridized carbons (Fsp3) is 0.412. The summed E-state index contributed by atoms with van der Waals surface area (Å²) in [5, 5.41) is 0. The largest absolute Gasteiger partial charge is 0.493 e. The van der Waals surface area contributed by atoms with Gasteiger partial charge in [-0.15, -0.1) is 0 Å². The second kappa shape index (κ2) is 12.0. The number of benzene rings is 2. The van der Waals surface area contributed by atoms with Crippen LogP contribution in [0.15, 0.2) is 53.6 Å². The lowest BCUT2D eigenvalue weighted by Crippen LogP contribution is -2.54. The van der Waals surface area contributed by atoms with Crippen molar-refractivity contribution in [3.63, 3.8) is 0 Å². The number of nitrogens with zero attached hydrogens (tertiary/aromatic N) is 3. The summed E-state index contributed by atoms with van der Waals surface area (Å²) < 4.78 is 23.2. The number of aliphatic imine (C=N–C) groups is 1. The topological polar surface area (TPSA) is 133 Å². The Balaban J connectivity index is 1.03. The van der Waals surface area contributed by atoms with E-state index in [0.717, 1.165) is 30.4 Å². The molecule has 2 saturated heterocycles. The molecule has 4 aliphatic rings. The van der Waals surface area contributed by atoms with E-state index in [1.807, 2.05) is 0 Å². The van der Waals surface area contributed by atoms with Crippen molar-refractivity contribution in [3.05, 3.63) is 65.3 Å². The molecule has 11 nitrogen and oxygen atoms in total. The maximum absolute atomic E-state index is 13.3. The van der Waals surface area contributed by atoms with Crippen molar-refractivity contribution in [2.75, 3.05) is 40.5 Å². The number of rotatable bonds is 10. The maximum Gasteiger partial charge on any atom is 0.258 e. The van der Waals surface area contributed by atoms with Crippen LogP contribution in [0.1, 0.15) is 58.4 Å². The normalized spacial score (nSPS) is 22.0. The van der Waals surface area contributed by atoms with Gasteiger partial charge in [0.1, 0.15) is 5.66 Å². The molecule has 0 bridgehead atoms. The van der Waals surface area contributed by atoms with E-state index in [1.54, 1.807) is 40.3 Å². The molecule has 2 amide bonds. The summed E-state index contributed by atoms with van der Waals surface area (Å²) in [6, 6.07) is 6.35. The fourth-order valence-corrected chi connectivity index (χ4v) is 6.45. The van der Waals surface area contributed by atoms with E-state index in [0.29, 0.717) is 84.5 Å². The molecule has 2 aromatic rings. The molecule has 236 valence electrons. The smallest absolute Gasteiger partial charge is 0.258 e. The molecule has 2 fully saturated rings. The average Bonchev–Trinajstić information content (AvgIpc) is 3.51. The van der Waals surface area contributed by atoms with Gasteiger partial charge in [0.25, 0.3) is 11.8 Å². The second-order valence-electron chi connectivity index (χ2n) is 12.1. The Morgan fingerprint density at radius 1 is 0.867 bits per heavy atom. The minimum absolute atomic E-state index is 0.0105. The van der Waals surface area contributed by atoms with Gasteiger partial charge in [-0.1, -0.05) is 24.3 Å². The molecule has 0 unspecified atom stereocenters. The number of amides is 2. The Kier molecular flexibility index (Phi) is 8.13. The third-order valence-corrected chi connectivity index (χ3v) is 8.78. The zero-order valence-electron chi connectivity index (χ0n) is 25.7. The summed E-state index contributed by atoms with van der Waals surface area (Å²) in [7, 11) is 3.06. The van der Waals surface area contributed by atoms with E-state index >= 15 is 0 Å². The zero-order chi connectivity index (χ0) is 31.9. The highest BCUT2D eigenvalue weighted by Crippen LogP contribution is 2.40. The summed E-state index contributed by atoms with van der Waals surface area (Å²) in [6.45, 7) is 9.60. The van der Waals surface area contributed by atoms with Gasteiger partial charge in [0.2, 0.25) is 0 Å². The Bertz CT molecular complexity index is 1630. The molecule has 2 atom stereocenters. The van der Waals surface area contributed by atoms with Gasteiger partial charge in [-0.3, -0.25) is 19.4 Å². The van der Waals surface area contributed by atoms with E-state index in [4.69, 9.17) is 24.7 Å². The van der Waals surface area contributed by atoms with Crippen molar-refractivity contribution in [1.82, 2.24) is 9.80 Å².